The Labute approximate surface area is 151 Å². The molecule has 3 rings (SSSR count). The summed E-state index contributed by atoms with van der Waals surface area (Å²) in [5, 5.41) is 11.8. The Morgan fingerprint density at radius 3 is 2.68 bits per heavy atom. The van der Waals surface area contributed by atoms with E-state index in [4.69, 9.17) is 5.73 Å². The minimum absolute atomic E-state index is 0.350. The number of carboxylic acid groups (broad SMARTS) is 1. The van der Waals surface area contributed by atoms with Gasteiger partial charge in [0.15, 0.2) is 0 Å². The van der Waals surface area contributed by atoms with Crippen molar-refractivity contribution in [3.8, 4) is 0 Å². The van der Waals surface area contributed by atoms with E-state index in [1.807, 2.05) is 6.08 Å². The van der Waals surface area contributed by atoms with Crippen LogP contribution in [0, 0.1) is 0 Å². The number of nitrogens with zero attached hydrogens (tertiary/aromatic N) is 1. The highest BCUT2D eigenvalue weighted by Crippen LogP contribution is 2.50. The summed E-state index contributed by atoms with van der Waals surface area (Å²) in [6.45, 7) is 5.29. The average molecular weight is 367 g/mol. The van der Waals surface area contributed by atoms with Crippen LogP contribution in [0.3, 0.4) is 0 Å². The van der Waals surface area contributed by atoms with Gasteiger partial charge < -0.3 is 21.1 Å². The second-order valence-electron chi connectivity index (χ2n) is 7.73. The highest BCUT2D eigenvalue weighted by Gasteiger charge is 2.64. The van der Waals surface area contributed by atoms with Gasteiger partial charge in [-0.15, -0.1) is 11.8 Å². The zero-order valence-corrected chi connectivity index (χ0v) is 15.6. The highest BCUT2D eigenvalue weighted by atomic mass is 32.2. The SMILES string of the molecule is CC(N)(C(=O)N[C@@H]1C(=O)N2[C@@H]1SC(C)(C)[C@@H]2C(=O)O)C1=CCCCC1. The average Bonchev–Trinajstić information content (AvgIpc) is 2.81. The maximum Gasteiger partial charge on any atom is 0.327 e. The molecule has 0 radical (unpaired) electrons. The lowest BCUT2D eigenvalue weighted by molar-refractivity contribution is -0.161. The molecule has 0 bridgehead atoms. The molecular formula is C17H25N3O4S. The van der Waals surface area contributed by atoms with E-state index >= 15 is 0 Å². The first kappa shape index (κ1) is 18.3. The van der Waals surface area contributed by atoms with Gasteiger partial charge in [-0.05, 0) is 52.0 Å². The summed E-state index contributed by atoms with van der Waals surface area (Å²) in [6, 6.07) is -1.60. The van der Waals surface area contributed by atoms with E-state index in [1.165, 1.54) is 16.7 Å². The molecule has 1 unspecified atom stereocenters. The van der Waals surface area contributed by atoms with Crippen molar-refractivity contribution < 1.29 is 19.5 Å². The van der Waals surface area contributed by atoms with Crippen molar-refractivity contribution in [3.63, 3.8) is 0 Å². The van der Waals surface area contributed by atoms with Crippen LogP contribution in [0.1, 0.15) is 46.5 Å². The fourth-order valence-electron chi connectivity index (χ4n) is 3.89. The minimum atomic E-state index is -1.15. The predicted molar refractivity (Wildman–Crippen MR) is 94.8 cm³/mol. The van der Waals surface area contributed by atoms with Crippen molar-refractivity contribution in [1.82, 2.24) is 10.2 Å². The molecule has 0 aromatic carbocycles. The molecule has 1 aliphatic carbocycles. The van der Waals surface area contributed by atoms with Crippen molar-refractivity contribution in [2.24, 2.45) is 5.73 Å². The van der Waals surface area contributed by atoms with Crippen molar-refractivity contribution in [2.45, 2.75) is 74.2 Å². The van der Waals surface area contributed by atoms with Gasteiger partial charge in [0.05, 0.1) is 0 Å². The Hall–Kier alpha value is -1.54. The van der Waals surface area contributed by atoms with Gasteiger partial charge in [0.1, 0.15) is 23.0 Å². The highest BCUT2D eigenvalue weighted by molar-refractivity contribution is 8.01. The number of allylic oxidation sites excluding steroid dienone is 1. The van der Waals surface area contributed by atoms with E-state index in [0.29, 0.717) is 0 Å². The Morgan fingerprint density at radius 1 is 1.44 bits per heavy atom. The van der Waals surface area contributed by atoms with Gasteiger partial charge >= 0.3 is 5.97 Å². The number of fused-ring (bicyclic) bond motifs is 1. The number of carbonyl (C=O) groups is 3. The summed E-state index contributed by atoms with van der Waals surface area (Å²) >= 11 is 1.41. The Kier molecular flexibility index (Phi) is 4.39. The second kappa shape index (κ2) is 6.02. The molecule has 4 N–H and O–H groups in total. The molecule has 25 heavy (non-hydrogen) atoms. The first-order valence-electron chi connectivity index (χ1n) is 8.59. The monoisotopic (exact) mass is 367 g/mol. The second-order valence-corrected chi connectivity index (χ2v) is 9.50. The third-order valence-corrected chi connectivity index (χ3v) is 6.96. The van der Waals surface area contributed by atoms with Crippen LogP contribution >= 0.6 is 11.8 Å². The Morgan fingerprint density at radius 2 is 2.12 bits per heavy atom. The lowest BCUT2D eigenvalue weighted by atomic mass is 9.83. The fourth-order valence-corrected chi connectivity index (χ4v) is 5.52. The maximum atomic E-state index is 12.7. The number of rotatable bonds is 4. The summed E-state index contributed by atoms with van der Waals surface area (Å²) in [6.07, 6.45) is 5.83. The molecule has 2 aliphatic heterocycles. The molecule has 0 spiro atoms. The van der Waals surface area contributed by atoms with Gasteiger partial charge in [-0.25, -0.2) is 4.79 Å². The largest absolute Gasteiger partial charge is 0.480 e. The molecule has 4 atom stereocenters. The van der Waals surface area contributed by atoms with Crippen LogP contribution in [-0.4, -0.2) is 55.5 Å². The number of β-lactam (4-membered cyclic amide) rings is 1. The van der Waals surface area contributed by atoms with Crippen molar-refractivity contribution in [2.75, 3.05) is 0 Å². The minimum Gasteiger partial charge on any atom is -0.480 e. The quantitative estimate of drug-likeness (QED) is 0.501. The van der Waals surface area contributed by atoms with Gasteiger partial charge in [0, 0.05) is 4.75 Å². The Balaban J connectivity index is 1.73. The predicted octanol–water partition coefficient (Wildman–Crippen LogP) is 0.836. The topological polar surface area (TPSA) is 113 Å². The summed E-state index contributed by atoms with van der Waals surface area (Å²) in [5.41, 5.74) is 6.03. The molecule has 0 saturated carbocycles. The zero-order chi connectivity index (χ0) is 18.6. The van der Waals surface area contributed by atoms with Gasteiger partial charge in [-0.2, -0.15) is 0 Å². The molecule has 2 saturated heterocycles. The number of hydrogen-bond donors (Lipinski definition) is 3. The first-order valence-corrected chi connectivity index (χ1v) is 9.47. The van der Waals surface area contributed by atoms with Crippen molar-refractivity contribution in [3.05, 3.63) is 11.6 Å². The summed E-state index contributed by atoms with van der Waals surface area (Å²) in [7, 11) is 0. The van der Waals surface area contributed by atoms with Crippen LogP contribution in [0.15, 0.2) is 11.6 Å². The third-order valence-electron chi connectivity index (χ3n) is 5.39. The van der Waals surface area contributed by atoms with E-state index in [9.17, 15) is 19.5 Å². The first-order chi connectivity index (χ1) is 11.6. The van der Waals surface area contributed by atoms with E-state index in [0.717, 1.165) is 31.3 Å². The van der Waals surface area contributed by atoms with Crippen molar-refractivity contribution in [1.29, 1.82) is 0 Å². The van der Waals surface area contributed by atoms with Gasteiger partial charge in [-0.1, -0.05) is 6.08 Å². The lowest BCUT2D eigenvalue weighted by Gasteiger charge is -2.44. The van der Waals surface area contributed by atoms with Crippen LogP contribution in [0.5, 0.6) is 0 Å². The standard InChI is InChI=1S/C17H25N3O4S/c1-16(2)11(14(22)23)20-12(21)10(13(20)25-16)19-15(24)17(3,18)9-7-5-4-6-8-9/h7,10-11,13H,4-6,8,18H2,1-3H3,(H,19,24)(H,22,23)/t10-,11+,13-,17?/m1/s1. The zero-order valence-electron chi connectivity index (χ0n) is 14.7. The number of amides is 2. The number of thioether (sulfide) groups is 1. The lowest BCUT2D eigenvalue weighted by Crippen LogP contribution is -2.72. The molecule has 2 heterocycles. The molecule has 138 valence electrons. The normalized spacial score (nSPS) is 33.0. The van der Waals surface area contributed by atoms with E-state index < -0.39 is 28.3 Å². The van der Waals surface area contributed by atoms with Crippen LogP contribution in [0.4, 0.5) is 0 Å². The van der Waals surface area contributed by atoms with E-state index in [2.05, 4.69) is 5.32 Å². The van der Waals surface area contributed by atoms with Crippen LogP contribution in [0.2, 0.25) is 0 Å². The number of carbonyl (C=O) groups excluding carboxylic acids is 2. The smallest absolute Gasteiger partial charge is 0.327 e. The van der Waals surface area contributed by atoms with Crippen LogP contribution in [-0.2, 0) is 14.4 Å². The number of carboxylic acids is 1. The molecule has 7 nitrogen and oxygen atoms in total. The maximum absolute atomic E-state index is 12.7. The fraction of sp³-hybridized carbons (Fsp3) is 0.706. The molecular weight excluding hydrogens is 342 g/mol. The molecule has 0 aromatic heterocycles. The molecule has 0 aromatic rings. The summed E-state index contributed by atoms with van der Waals surface area (Å²) in [4.78, 5) is 38.1. The van der Waals surface area contributed by atoms with Gasteiger partial charge in [-0.3, -0.25) is 9.59 Å². The number of nitrogens with two attached hydrogens (primary N) is 1. The number of nitrogens with one attached hydrogen (secondary N) is 1. The van der Waals surface area contributed by atoms with Gasteiger partial charge in [0.2, 0.25) is 11.8 Å². The van der Waals surface area contributed by atoms with E-state index in [-0.39, 0.29) is 17.2 Å². The summed E-state index contributed by atoms with van der Waals surface area (Å²) in [5.74, 6) is -1.75. The van der Waals surface area contributed by atoms with Crippen molar-refractivity contribution >= 4 is 29.5 Å². The van der Waals surface area contributed by atoms with Crippen LogP contribution in [0.25, 0.3) is 0 Å². The Bertz CT molecular complexity index is 658. The number of aliphatic carboxylic acids is 1. The molecule has 2 amide bonds. The molecule has 8 heteroatoms. The number of hydrogen-bond acceptors (Lipinski definition) is 5. The third kappa shape index (κ3) is 2.85. The molecule has 2 fully saturated rings. The summed E-state index contributed by atoms with van der Waals surface area (Å²) < 4.78 is -0.608. The van der Waals surface area contributed by atoms with E-state index in [1.54, 1.807) is 20.8 Å². The van der Waals surface area contributed by atoms with Gasteiger partial charge in [0.25, 0.3) is 0 Å². The molecule has 3 aliphatic rings. The van der Waals surface area contributed by atoms with Crippen LogP contribution < -0.4 is 11.1 Å².